The van der Waals surface area contributed by atoms with Crippen LogP contribution in [-0.4, -0.2) is 32.0 Å². The van der Waals surface area contributed by atoms with E-state index >= 15 is 0 Å². The predicted octanol–water partition coefficient (Wildman–Crippen LogP) is 5.53. The van der Waals surface area contributed by atoms with E-state index in [9.17, 15) is 4.79 Å². The summed E-state index contributed by atoms with van der Waals surface area (Å²) in [5.74, 6) is -0.0655. The van der Waals surface area contributed by atoms with Gasteiger partial charge in [-0.05, 0) is 66.8 Å². The molecule has 176 valence electrons. The summed E-state index contributed by atoms with van der Waals surface area (Å²) in [6, 6.07) is 26.8. The number of rotatable bonds is 7. The summed E-state index contributed by atoms with van der Waals surface area (Å²) in [4.78, 5) is 19.4. The van der Waals surface area contributed by atoms with Crippen molar-refractivity contribution in [1.82, 2.24) is 19.8 Å². The van der Waals surface area contributed by atoms with Crippen molar-refractivity contribution in [3.63, 3.8) is 0 Å². The number of thiocarbonyl (C=S) groups is 1. The van der Waals surface area contributed by atoms with Gasteiger partial charge in [0.15, 0.2) is 5.11 Å². The van der Waals surface area contributed by atoms with E-state index in [1.807, 2.05) is 85.1 Å². The number of hydrogen-bond acceptors (Lipinski definition) is 3. The predicted molar refractivity (Wildman–Crippen MR) is 143 cm³/mol. The number of nitrogens with one attached hydrogen (secondary N) is 2. The zero-order chi connectivity index (χ0) is 24.2. The van der Waals surface area contributed by atoms with Crippen molar-refractivity contribution in [3.05, 3.63) is 114 Å². The minimum absolute atomic E-state index is 0.0655. The Hall–Kier alpha value is -3.68. The molecule has 1 fully saturated rings. The van der Waals surface area contributed by atoms with Crippen molar-refractivity contribution < 1.29 is 4.79 Å². The topological polar surface area (TPSA) is 62.2 Å². The molecule has 6 nitrogen and oxygen atoms in total. The molecular formula is C27H24ClN5OS. The lowest BCUT2D eigenvalue weighted by Crippen LogP contribution is -2.33. The lowest BCUT2D eigenvalue weighted by molar-refractivity contribution is -0.116. The Morgan fingerprint density at radius 3 is 2.63 bits per heavy atom. The Balaban J connectivity index is 1.45. The third-order valence-corrected chi connectivity index (χ3v) is 6.59. The highest BCUT2D eigenvalue weighted by molar-refractivity contribution is 7.80. The van der Waals surface area contributed by atoms with Gasteiger partial charge in [0.1, 0.15) is 0 Å². The first kappa shape index (κ1) is 23.1. The van der Waals surface area contributed by atoms with Crippen LogP contribution in [0.5, 0.6) is 0 Å². The highest BCUT2D eigenvalue weighted by Gasteiger charge is 2.41. The van der Waals surface area contributed by atoms with Gasteiger partial charge in [0.2, 0.25) is 5.91 Å². The fourth-order valence-corrected chi connectivity index (χ4v) is 4.95. The molecule has 1 amide bonds. The third-order valence-electron chi connectivity index (χ3n) is 6.00. The second-order valence-corrected chi connectivity index (χ2v) is 9.09. The zero-order valence-corrected chi connectivity index (χ0v) is 20.4. The fraction of sp³-hybridized carbons (Fsp3) is 0.148. The summed E-state index contributed by atoms with van der Waals surface area (Å²) in [7, 11) is 0. The summed E-state index contributed by atoms with van der Waals surface area (Å²) in [6.07, 6.45) is 4.08. The minimum Gasteiger partial charge on any atom is -0.352 e. The molecule has 1 aliphatic rings. The average molecular weight is 502 g/mol. The number of aromatic nitrogens is 2. The van der Waals surface area contributed by atoms with E-state index in [0.29, 0.717) is 23.1 Å². The van der Waals surface area contributed by atoms with Crippen LogP contribution in [-0.2, 0) is 4.79 Å². The largest absolute Gasteiger partial charge is 0.352 e. The SMILES string of the molecule is O=C(CCN1C(=S)N[C@H](c2ccccn2)[C@@H]1c1cccn1-c1cccc(Cl)c1)Nc1ccccc1. The highest BCUT2D eigenvalue weighted by Crippen LogP contribution is 2.39. The summed E-state index contributed by atoms with van der Waals surface area (Å²) >= 11 is 12.0. The lowest BCUT2D eigenvalue weighted by atomic mass is 10.0. The van der Waals surface area contributed by atoms with Gasteiger partial charge in [0.05, 0.1) is 17.8 Å². The molecular weight excluding hydrogens is 478 g/mol. The molecule has 4 aromatic rings. The van der Waals surface area contributed by atoms with E-state index in [4.69, 9.17) is 23.8 Å². The molecule has 0 unspecified atom stereocenters. The molecule has 0 spiro atoms. The van der Waals surface area contributed by atoms with Crippen molar-refractivity contribution in [2.45, 2.75) is 18.5 Å². The van der Waals surface area contributed by atoms with Gasteiger partial charge in [-0.3, -0.25) is 9.78 Å². The van der Waals surface area contributed by atoms with Gasteiger partial charge in [0.25, 0.3) is 0 Å². The fourth-order valence-electron chi connectivity index (χ4n) is 4.43. The smallest absolute Gasteiger partial charge is 0.226 e. The quantitative estimate of drug-likeness (QED) is 0.326. The lowest BCUT2D eigenvalue weighted by Gasteiger charge is -2.29. The van der Waals surface area contributed by atoms with Crippen molar-refractivity contribution in [2.75, 3.05) is 11.9 Å². The van der Waals surface area contributed by atoms with Crippen molar-refractivity contribution in [2.24, 2.45) is 0 Å². The van der Waals surface area contributed by atoms with Crippen LogP contribution in [0.15, 0.2) is 97.3 Å². The van der Waals surface area contributed by atoms with Gasteiger partial charge < -0.3 is 20.1 Å². The number of carbonyl (C=O) groups excluding carboxylic acids is 1. The van der Waals surface area contributed by atoms with Gasteiger partial charge in [0, 0.05) is 47.5 Å². The number of anilines is 1. The Bertz CT molecular complexity index is 1330. The number of amides is 1. The highest BCUT2D eigenvalue weighted by atomic mass is 35.5. The average Bonchev–Trinajstić information content (AvgIpc) is 3.48. The minimum atomic E-state index is -0.172. The molecule has 35 heavy (non-hydrogen) atoms. The summed E-state index contributed by atoms with van der Waals surface area (Å²) in [5, 5.41) is 7.66. The molecule has 1 aliphatic heterocycles. The molecule has 3 heterocycles. The third kappa shape index (κ3) is 5.06. The normalized spacial score (nSPS) is 17.3. The first-order valence-corrected chi connectivity index (χ1v) is 12.1. The first-order valence-electron chi connectivity index (χ1n) is 11.4. The molecule has 0 saturated carbocycles. The maximum absolute atomic E-state index is 12.7. The van der Waals surface area contributed by atoms with Crippen LogP contribution in [0.2, 0.25) is 5.02 Å². The van der Waals surface area contributed by atoms with Gasteiger partial charge >= 0.3 is 0 Å². The van der Waals surface area contributed by atoms with Crippen LogP contribution in [0, 0.1) is 0 Å². The molecule has 1 saturated heterocycles. The Labute approximate surface area is 214 Å². The molecule has 0 aliphatic carbocycles. The molecule has 0 bridgehead atoms. The standard InChI is InChI=1S/C27H24ClN5OS/c28-19-8-6-11-21(18-19)32-16-7-13-23(32)26-25(22-12-4-5-15-29-22)31-27(35)33(26)17-14-24(34)30-20-9-2-1-3-10-20/h1-13,15-16,18,25-26H,14,17H2,(H,30,34)(H,31,35)/t25-,26+/m1/s1. The molecule has 5 rings (SSSR count). The van der Waals surface area contributed by atoms with Gasteiger partial charge in [-0.15, -0.1) is 0 Å². The Kier molecular flexibility index (Phi) is 6.79. The number of benzene rings is 2. The van der Waals surface area contributed by atoms with E-state index in [-0.39, 0.29) is 18.0 Å². The molecule has 2 aromatic heterocycles. The van der Waals surface area contributed by atoms with E-state index in [1.54, 1.807) is 6.20 Å². The number of nitrogens with zero attached hydrogens (tertiary/aromatic N) is 3. The molecule has 8 heteroatoms. The molecule has 2 aromatic carbocycles. The van der Waals surface area contributed by atoms with Crippen molar-refractivity contribution in [1.29, 1.82) is 0 Å². The zero-order valence-electron chi connectivity index (χ0n) is 18.8. The van der Waals surface area contributed by atoms with Crippen molar-refractivity contribution in [3.8, 4) is 5.69 Å². The second kappa shape index (κ2) is 10.3. The van der Waals surface area contributed by atoms with Gasteiger partial charge in [-0.2, -0.15) is 0 Å². The van der Waals surface area contributed by atoms with Crippen molar-refractivity contribution >= 4 is 40.5 Å². The van der Waals surface area contributed by atoms with E-state index in [2.05, 4.69) is 31.2 Å². The van der Waals surface area contributed by atoms with Crippen LogP contribution in [0.3, 0.4) is 0 Å². The van der Waals surface area contributed by atoms with Crippen LogP contribution >= 0.6 is 23.8 Å². The summed E-state index contributed by atoms with van der Waals surface area (Å²) in [6.45, 7) is 0.458. The number of hydrogen-bond donors (Lipinski definition) is 2. The van der Waals surface area contributed by atoms with Crippen LogP contribution < -0.4 is 10.6 Å². The van der Waals surface area contributed by atoms with Gasteiger partial charge in [-0.25, -0.2) is 0 Å². The number of halogens is 1. The Morgan fingerprint density at radius 1 is 1.03 bits per heavy atom. The van der Waals surface area contributed by atoms with Crippen LogP contribution in [0.25, 0.3) is 5.69 Å². The molecule has 2 atom stereocenters. The van der Waals surface area contributed by atoms with Crippen LogP contribution in [0.4, 0.5) is 5.69 Å². The molecule has 0 radical (unpaired) electrons. The monoisotopic (exact) mass is 501 g/mol. The second-order valence-electron chi connectivity index (χ2n) is 8.27. The summed E-state index contributed by atoms with van der Waals surface area (Å²) < 4.78 is 2.11. The van der Waals surface area contributed by atoms with Gasteiger partial charge in [-0.1, -0.05) is 41.9 Å². The van der Waals surface area contributed by atoms with E-state index < -0.39 is 0 Å². The first-order chi connectivity index (χ1) is 17.1. The summed E-state index contributed by atoms with van der Waals surface area (Å²) in [5.41, 5.74) is 3.64. The maximum atomic E-state index is 12.7. The van der Waals surface area contributed by atoms with E-state index in [0.717, 1.165) is 22.8 Å². The van der Waals surface area contributed by atoms with E-state index in [1.165, 1.54) is 0 Å². The maximum Gasteiger partial charge on any atom is 0.226 e. The number of pyridine rings is 1. The molecule has 2 N–H and O–H groups in total. The number of para-hydroxylation sites is 1. The van der Waals surface area contributed by atoms with Crippen LogP contribution in [0.1, 0.15) is 29.9 Å². The Morgan fingerprint density at radius 2 is 1.86 bits per heavy atom. The number of carbonyl (C=O) groups is 1.